The largest absolute Gasteiger partial charge is 0.417 e. The van der Waals surface area contributed by atoms with Crippen LogP contribution < -0.4 is 10.0 Å². The third kappa shape index (κ3) is 5.23. The molecule has 2 N–H and O–H groups in total. The van der Waals surface area contributed by atoms with Crippen molar-refractivity contribution < 1.29 is 21.6 Å². The van der Waals surface area contributed by atoms with E-state index in [1.807, 2.05) is 6.92 Å². The molecule has 0 aromatic heterocycles. The molecule has 1 unspecified atom stereocenters. The van der Waals surface area contributed by atoms with Gasteiger partial charge in [0, 0.05) is 18.1 Å². The van der Waals surface area contributed by atoms with Crippen LogP contribution in [-0.2, 0) is 16.2 Å². The molecule has 2 rings (SSSR count). The lowest BCUT2D eigenvalue weighted by molar-refractivity contribution is -0.139. The molecular weight excluding hydrogens is 388 g/mol. The summed E-state index contributed by atoms with van der Waals surface area (Å²) >= 11 is 5.57. The van der Waals surface area contributed by atoms with Crippen LogP contribution in [0.25, 0.3) is 0 Å². The molecule has 1 aromatic rings. The first-order valence-corrected chi connectivity index (χ1v) is 8.97. The number of hydrogen-bond acceptors (Lipinski definition) is 3. The molecule has 0 spiro atoms. The lowest BCUT2D eigenvalue weighted by Crippen LogP contribution is -2.45. The van der Waals surface area contributed by atoms with Crippen LogP contribution in [0.1, 0.15) is 25.3 Å². The van der Waals surface area contributed by atoms with Gasteiger partial charge in [-0.15, -0.1) is 12.4 Å². The maximum absolute atomic E-state index is 13.1. The SMILES string of the molecule is CC1(CNS(=O)(=O)c2ccc(Cl)cc2C(F)(F)F)CCCNC1.Cl. The van der Waals surface area contributed by atoms with E-state index in [4.69, 9.17) is 11.6 Å². The van der Waals surface area contributed by atoms with Crippen LogP contribution in [0.5, 0.6) is 0 Å². The van der Waals surface area contributed by atoms with Crippen molar-refractivity contribution >= 4 is 34.0 Å². The Morgan fingerprint density at radius 1 is 1.38 bits per heavy atom. The average Bonchev–Trinajstić information content (AvgIpc) is 2.45. The third-order valence-electron chi connectivity index (χ3n) is 3.91. The summed E-state index contributed by atoms with van der Waals surface area (Å²) in [6.07, 6.45) is -3.10. The zero-order valence-corrected chi connectivity index (χ0v) is 15.3. The first-order valence-electron chi connectivity index (χ1n) is 7.11. The number of benzene rings is 1. The van der Waals surface area contributed by atoms with E-state index in [-0.39, 0.29) is 29.4 Å². The second-order valence-electron chi connectivity index (χ2n) is 6.05. The fourth-order valence-corrected chi connectivity index (χ4v) is 4.15. The third-order valence-corrected chi connectivity index (χ3v) is 5.61. The van der Waals surface area contributed by atoms with Crippen molar-refractivity contribution in [3.63, 3.8) is 0 Å². The summed E-state index contributed by atoms with van der Waals surface area (Å²) in [4.78, 5) is -0.804. The van der Waals surface area contributed by atoms with Crippen LogP contribution in [0.4, 0.5) is 13.2 Å². The van der Waals surface area contributed by atoms with E-state index in [0.717, 1.165) is 31.5 Å². The van der Waals surface area contributed by atoms with Crippen molar-refractivity contribution in [3.05, 3.63) is 28.8 Å². The van der Waals surface area contributed by atoms with Crippen LogP contribution in [0.15, 0.2) is 23.1 Å². The molecule has 1 aromatic carbocycles. The summed E-state index contributed by atoms with van der Waals surface area (Å²) < 4.78 is 66.2. The molecule has 0 bridgehead atoms. The van der Waals surface area contributed by atoms with Gasteiger partial charge in [-0.3, -0.25) is 0 Å². The Labute approximate surface area is 150 Å². The maximum Gasteiger partial charge on any atom is 0.417 e. The van der Waals surface area contributed by atoms with Crippen molar-refractivity contribution in [3.8, 4) is 0 Å². The molecule has 1 aliphatic heterocycles. The number of sulfonamides is 1. The summed E-state index contributed by atoms with van der Waals surface area (Å²) in [5, 5.41) is 3.00. The van der Waals surface area contributed by atoms with Gasteiger partial charge in [-0.25, -0.2) is 13.1 Å². The molecule has 10 heteroatoms. The smallest absolute Gasteiger partial charge is 0.316 e. The number of alkyl halides is 3. The number of hydrogen-bond donors (Lipinski definition) is 2. The highest BCUT2D eigenvalue weighted by atomic mass is 35.5. The van der Waals surface area contributed by atoms with Gasteiger partial charge in [0.05, 0.1) is 10.5 Å². The molecular formula is C14H19Cl2F3N2O2S. The second kappa shape index (κ2) is 7.78. The van der Waals surface area contributed by atoms with E-state index < -0.39 is 26.7 Å². The lowest BCUT2D eigenvalue weighted by Gasteiger charge is -2.34. The second-order valence-corrected chi connectivity index (χ2v) is 8.23. The van der Waals surface area contributed by atoms with E-state index in [1.54, 1.807) is 0 Å². The monoisotopic (exact) mass is 406 g/mol. The Hall–Kier alpha value is -0.540. The highest BCUT2D eigenvalue weighted by molar-refractivity contribution is 7.89. The highest BCUT2D eigenvalue weighted by Crippen LogP contribution is 2.36. The molecule has 1 heterocycles. The average molecular weight is 407 g/mol. The quantitative estimate of drug-likeness (QED) is 0.804. The molecule has 0 saturated carbocycles. The fraction of sp³-hybridized carbons (Fsp3) is 0.571. The molecule has 138 valence electrons. The Morgan fingerprint density at radius 2 is 2.04 bits per heavy atom. The predicted molar refractivity (Wildman–Crippen MR) is 89.1 cm³/mol. The van der Waals surface area contributed by atoms with Crippen molar-refractivity contribution in [2.24, 2.45) is 5.41 Å². The van der Waals surface area contributed by atoms with Gasteiger partial charge in [0.2, 0.25) is 10.0 Å². The Kier molecular flexibility index (Phi) is 6.97. The van der Waals surface area contributed by atoms with Gasteiger partial charge in [0.25, 0.3) is 0 Å². The van der Waals surface area contributed by atoms with Gasteiger partial charge in [0.1, 0.15) is 0 Å². The first kappa shape index (κ1) is 21.5. The minimum Gasteiger partial charge on any atom is -0.316 e. The highest BCUT2D eigenvalue weighted by Gasteiger charge is 2.38. The standard InChI is InChI=1S/C14H18ClF3N2O2S.ClH/c1-13(5-2-6-19-8-13)9-20-23(21,22)12-4-3-10(15)7-11(12)14(16,17)18;/h3-4,7,19-20H,2,5-6,8-9H2,1H3;1H. The summed E-state index contributed by atoms with van der Waals surface area (Å²) in [6, 6.07) is 2.64. The summed E-state index contributed by atoms with van der Waals surface area (Å²) in [6.45, 7) is 3.44. The van der Waals surface area contributed by atoms with Gasteiger partial charge < -0.3 is 5.32 Å². The first-order chi connectivity index (χ1) is 10.5. The maximum atomic E-state index is 13.1. The van der Waals surface area contributed by atoms with Crippen molar-refractivity contribution in [1.82, 2.24) is 10.0 Å². The Morgan fingerprint density at radius 3 is 2.58 bits per heavy atom. The normalized spacial score (nSPS) is 22.0. The fourth-order valence-electron chi connectivity index (χ4n) is 2.57. The molecule has 24 heavy (non-hydrogen) atoms. The van der Waals surface area contributed by atoms with Crippen molar-refractivity contribution in [2.45, 2.75) is 30.8 Å². The molecule has 0 amide bonds. The van der Waals surface area contributed by atoms with Gasteiger partial charge in [0.15, 0.2) is 0 Å². The molecule has 1 aliphatic rings. The summed E-state index contributed by atoms with van der Waals surface area (Å²) in [7, 11) is -4.28. The number of halogens is 5. The minimum absolute atomic E-state index is 0. The molecule has 0 radical (unpaired) electrons. The van der Waals surface area contributed by atoms with Gasteiger partial charge in [-0.1, -0.05) is 18.5 Å². The van der Waals surface area contributed by atoms with E-state index in [9.17, 15) is 21.6 Å². The van der Waals surface area contributed by atoms with Crippen LogP contribution in [0.2, 0.25) is 5.02 Å². The number of piperidine rings is 1. The van der Waals surface area contributed by atoms with E-state index in [0.29, 0.717) is 12.6 Å². The lowest BCUT2D eigenvalue weighted by atomic mass is 9.83. The molecule has 1 saturated heterocycles. The van der Waals surface area contributed by atoms with Gasteiger partial charge in [-0.2, -0.15) is 13.2 Å². The summed E-state index contributed by atoms with van der Waals surface area (Å²) in [5.41, 5.74) is -1.58. The van der Waals surface area contributed by atoms with Crippen molar-refractivity contribution in [2.75, 3.05) is 19.6 Å². The molecule has 1 atom stereocenters. The zero-order valence-electron chi connectivity index (χ0n) is 12.9. The van der Waals surface area contributed by atoms with Crippen LogP contribution in [-0.4, -0.2) is 28.1 Å². The topological polar surface area (TPSA) is 58.2 Å². The van der Waals surface area contributed by atoms with Gasteiger partial charge in [-0.05, 0) is 43.0 Å². The minimum atomic E-state index is -4.80. The van der Waals surface area contributed by atoms with Crippen molar-refractivity contribution in [1.29, 1.82) is 0 Å². The van der Waals surface area contributed by atoms with E-state index >= 15 is 0 Å². The molecule has 0 aliphatic carbocycles. The Balaban J connectivity index is 0.00000288. The van der Waals surface area contributed by atoms with E-state index in [1.165, 1.54) is 0 Å². The van der Waals surface area contributed by atoms with Crippen LogP contribution in [0, 0.1) is 5.41 Å². The van der Waals surface area contributed by atoms with Gasteiger partial charge >= 0.3 is 6.18 Å². The molecule has 4 nitrogen and oxygen atoms in total. The van der Waals surface area contributed by atoms with Crippen LogP contribution in [0.3, 0.4) is 0 Å². The number of rotatable bonds is 4. The molecule has 1 fully saturated rings. The zero-order chi connectivity index (χ0) is 17.3. The van der Waals surface area contributed by atoms with E-state index in [2.05, 4.69) is 10.0 Å². The number of nitrogens with one attached hydrogen (secondary N) is 2. The van der Waals surface area contributed by atoms with Crippen LogP contribution >= 0.6 is 24.0 Å². The Bertz CT molecular complexity index is 675. The predicted octanol–water partition coefficient (Wildman–Crippen LogP) is 3.45. The summed E-state index contributed by atoms with van der Waals surface area (Å²) in [5.74, 6) is 0.